The summed E-state index contributed by atoms with van der Waals surface area (Å²) in [6.07, 6.45) is 4.26. The van der Waals surface area contributed by atoms with Crippen molar-refractivity contribution in [1.82, 2.24) is 5.32 Å². The van der Waals surface area contributed by atoms with Crippen LogP contribution >= 0.6 is 0 Å². The Kier molecular flexibility index (Phi) is 5.30. The lowest BCUT2D eigenvalue weighted by molar-refractivity contribution is -0.386. The number of carbonyl (C=O) groups excluding carboxylic acids is 1. The van der Waals surface area contributed by atoms with E-state index in [0.29, 0.717) is 0 Å². The first-order chi connectivity index (χ1) is 10.5. The minimum atomic E-state index is -0.928. The fourth-order valence-electron chi connectivity index (χ4n) is 2.54. The van der Waals surface area contributed by atoms with Gasteiger partial charge in [0.2, 0.25) is 5.75 Å². The van der Waals surface area contributed by atoms with Crippen LogP contribution in [0.3, 0.4) is 0 Å². The zero-order valence-electron chi connectivity index (χ0n) is 12.4. The third-order valence-electron chi connectivity index (χ3n) is 3.74. The molecule has 22 heavy (non-hydrogen) atoms. The minimum Gasteiger partial charge on any atom is -0.474 e. The fourth-order valence-corrected chi connectivity index (χ4v) is 2.54. The highest BCUT2D eigenvalue weighted by Crippen LogP contribution is 2.28. The molecule has 120 valence electrons. The molecule has 1 N–H and O–H groups in total. The highest BCUT2D eigenvalue weighted by Gasteiger charge is 2.24. The monoisotopic (exact) mass is 310 g/mol. The lowest BCUT2D eigenvalue weighted by atomic mass is 9.95. The van der Waals surface area contributed by atoms with Crippen LogP contribution in [0.4, 0.5) is 10.1 Å². The average molecular weight is 310 g/mol. The Morgan fingerprint density at radius 3 is 2.73 bits per heavy atom. The van der Waals surface area contributed by atoms with Gasteiger partial charge in [0.1, 0.15) is 5.82 Å². The van der Waals surface area contributed by atoms with Gasteiger partial charge in [-0.25, -0.2) is 4.39 Å². The Morgan fingerprint density at radius 2 is 2.09 bits per heavy atom. The zero-order valence-corrected chi connectivity index (χ0v) is 12.4. The summed E-state index contributed by atoms with van der Waals surface area (Å²) in [5, 5.41) is 13.8. The van der Waals surface area contributed by atoms with Crippen LogP contribution in [-0.4, -0.2) is 23.0 Å². The number of hydrogen-bond acceptors (Lipinski definition) is 4. The van der Waals surface area contributed by atoms with Gasteiger partial charge in [-0.15, -0.1) is 0 Å². The number of ether oxygens (including phenoxy) is 1. The number of benzene rings is 1. The normalized spacial score (nSPS) is 16.8. The summed E-state index contributed by atoms with van der Waals surface area (Å²) in [5.41, 5.74) is -0.362. The van der Waals surface area contributed by atoms with Crippen LogP contribution in [0.1, 0.15) is 39.0 Å². The summed E-state index contributed by atoms with van der Waals surface area (Å²) >= 11 is 0. The molecule has 1 amide bonds. The standard InChI is InChI=1S/C15H19FN2O4/c1-10(15(19)17-12-5-3-2-4-6-12)22-14-9-11(16)7-8-13(14)18(20)21/h7-10,12H,2-6H2,1H3,(H,17,19)/t10-/m0/s1. The van der Waals surface area contributed by atoms with Gasteiger partial charge in [-0.2, -0.15) is 0 Å². The van der Waals surface area contributed by atoms with Crippen LogP contribution in [-0.2, 0) is 4.79 Å². The predicted octanol–water partition coefficient (Wildman–Crippen LogP) is 2.95. The molecule has 1 aliphatic carbocycles. The quantitative estimate of drug-likeness (QED) is 0.669. The number of nitro groups is 1. The third-order valence-corrected chi connectivity index (χ3v) is 3.74. The van der Waals surface area contributed by atoms with Gasteiger partial charge in [0, 0.05) is 18.2 Å². The van der Waals surface area contributed by atoms with Crippen LogP contribution < -0.4 is 10.1 Å². The van der Waals surface area contributed by atoms with Gasteiger partial charge < -0.3 is 10.1 Å². The van der Waals surface area contributed by atoms with E-state index in [0.717, 1.165) is 43.9 Å². The van der Waals surface area contributed by atoms with Crippen LogP contribution in [0.5, 0.6) is 5.75 Å². The first kappa shape index (κ1) is 16.2. The van der Waals surface area contributed by atoms with Crippen molar-refractivity contribution < 1.29 is 18.8 Å². The maximum absolute atomic E-state index is 13.2. The van der Waals surface area contributed by atoms with E-state index in [1.807, 2.05) is 0 Å². The largest absolute Gasteiger partial charge is 0.474 e. The van der Waals surface area contributed by atoms with Crippen molar-refractivity contribution in [2.24, 2.45) is 0 Å². The smallest absolute Gasteiger partial charge is 0.311 e. The van der Waals surface area contributed by atoms with E-state index in [2.05, 4.69) is 5.32 Å². The third kappa shape index (κ3) is 4.16. The molecule has 1 aromatic rings. The summed E-state index contributed by atoms with van der Waals surface area (Å²) in [4.78, 5) is 22.3. The van der Waals surface area contributed by atoms with Crippen molar-refractivity contribution in [2.45, 2.75) is 51.2 Å². The number of amides is 1. The second-order valence-electron chi connectivity index (χ2n) is 5.47. The van der Waals surface area contributed by atoms with Crippen LogP contribution in [0.15, 0.2) is 18.2 Å². The molecule has 7 heteroatoms. The summed E-state index contributed by atoms with van der Waals surface area (Å²) < 4.78 is 18.5. The second-order valence-corrected chi connectivity index (χ2v) is 5.47. The van der Waals surface area contributed by atoms with E-state index < -0.39 is 16.8 Å². The van der Waals surface area contributed by atoms with Crippen LogP contribution in [0.2, 0.25) is 0 Å². The van der Waals surface area contributed by atoms with Crippen molar-refractivity contribution in [2.75, 3.05) is 0 Å². The summed E-state index contributed by atoms with van der Waals surface area (Å²) in [6.45, 7) is 1.49. The van der Waals surface area contributed by atoms with E-state index in [4.69, 9.17) is 4.74 Å². The van der Waals surface area contributed by atoms with Crippen molar-refractivity contribution in [3.63, 3.8) is 0 Å². The molecule has 1 saturated carbocycles. The highest BCUT2D eigenvalue weighted by molar-refractivity contribution is 5.81. The number of nitro benzene ring substituents is 1. The van der Waals surface area contributed by atoms with Gasteiger partial charge in [-0.3, -0.25) is 14.9 Å². The van der Waals surface area contributed by atoms with Crippen molar-refractivity contribution >= 4 is 11.6 Å². The Labute approximate surface area is 127 Å². The SMILES string of the molecule is C[C@H](Oc1cc(F)ccc1[N+](=O)[O-])C(=O)NC1CCCCC1. The molecule has 0 saturated heterocycles. The van der Waals surface area contributed by atoms with Crippen LogP contribution in [0, 0.1) is 15.9 Å². The van der Waals surface area contributed by atoms with Crippen molar-refractivity contribution in [1.29, 1.82) is 0 Å². The van der Waals surface area contributed by atoms with Crippen LogP contribution in [0.25, 0.3) is 0 Å². The van der Waals surface area contributed by atoms with Crippen molar-refractivity contribution in [3.05, 3.63) is 34.1 Å². The molecule has 1 aliphatic rings. The molecule has 1 aromatic carbocycles. The Balaban J connectivity index is 2.01. The lowest BCUT2D eigenvalue weighted by Crippen LogP contribution is -2.43. The van der Waals surface area contributed by atoms with Gasteiger partial charge in [-0.1, -0.05) is 19.3 Å². The molecule has 0 spiro atoms. The molecule has 1 fully saturated rings. The number of nitrogens with one attached hydrogen (secondary N) is 1. The highest BCUT2D eigenvalue weighted by atomic mass is 19.1. The van der Waals surface area contributed by atoms with Gasteiger partial charge >= 0.3 is 5.69 Å². The summed E-state index contributed by atoms with van der Waals surface area (Å²) in [6, 6.07) is 3.05. The first-order valence-electron chi connectivity index (χ1n) is 7.38. The number of hydrogen-bond donors (Lipinski definition) is 1. The topological polar surface area (TPSA) is 81.5 Å². The van der Waals surface area contributed by atoms with Gasteiger partial charge in [0.25, 0.3) is 5.91 Å². The number of carbonyl (C=O) groups is 1. The lowest BCUT2D eigenvalue weighted by Gasteiger charge is -2.24. The maximum atomic E-state index is 13.2. The molecule has 0 radical (unpaired) electrons. The van der Waals surface area contributed by atoms with E-state index >= 15 is 0 Å². The Bertz CT molecular complexity index is 558. The van der Waals surface area contributed by atoms with E-state index in [9.17, 15) is 19.3 Å². The Hall–Kier alpha value is -2.18. The molecule has 0 heterocycles. The molecular formula is C15H19FN2O4. The zero-order chi connectivity index (χ0) is 16.1. The van der Waals surface area contributed by atoms with Gasteiger partial charge in [0.15, 0.2) is 6.10 Å². The van der Waals surface area contributed by atoms with E-state index in [1.165, 1.54) is 13.3 Å². The summed E-state index contributed by atoms with van der Waals surface area (Å²) in [7, 11) is 0. The number of rotatable bonds is 5. The molecule has 6 nitrogen and oxygen atoms in total. The van der Waals surface area contributed by atoms with E-state index in [1.54, 1.807) is 0 Å². The minimum absolute atomic E-state index is 0.120. The maximum Gasteiger partial charge on any atom is 0.311 e. The van der Waals surface area contributed by atoms with Gasteiger partial charge in [-0.05, 0) is 25.8 Å². The van der Waals surface area contributed by atoms with Crippen molar-refractivity contribution in [3.8, 4) is 5.75 Å². The first-order valence-corrected chi connectivity index (χ1v) is 7.38. The molecular weight excluding hydrogens is 291 g/mol. The number of halogens is 1. The molecule has 2 rings (SSSR count). The average Bonchev–Trinajstić information content (AvgIpc) is 2.48. The molecule has 0 aromatic heterocycles. The second kappa shape index (κ2) is 7.20. The fraction of sp³-hybridized carbons (Fsp3) is 0.533. The molecule has 0 unspecified atom stereocenters. The molecule has 1 atom stereocenters. The summed E-state index contributed by atoms with van der Waals surface area (Å²) in [5.74, 6) is -1.23. The van der Waals surface area contributed by atoms with Gasteiger partial charge in [0.05, 0.1) is 4.92 Å². The molecule has 0 bridgehead atoms. The predicted molar refractivity (Wildman–Crippen MR) is 78.2 cm³/mol. The van der Waals surface area contributed by atoms with E-state index in [-0.39, 0.29) is 23.4 Å². The Morgan fingerprint density at radius 1 is 1.41 bits per heavy atom. The molecule has 0 aliphatic heterocycles. The number of nitrogens with zero attached hydrogens (tertiary/aromatic N) is 1.